The Balaban J connectivity index is 0.000000178. The van der Waals surface area contributed by atoms with Gasteiger partial charge in [-0.05, 0) is 85.3 Å². The van der Waals surface area contributed by atoms with E-state index in [2.05, 4.69) is 30.1 Å². The Hall–Kier alpha value is -6.24. The number of nitrogens with one attached hydrogen (secondary N) is 1. The van der Waals surface area contributed by atoms with Crippen LogP contribution < -0.4 is 11.1 Å². The number of anilines is 2. The number of benzene rings is 2. The molecule has 47 heavy (non-hydrogen) atoms. The van der Waals surface area contributed by atoms with Crippen molar-refractivity contribution < 1.29 is 32.5 Å². The van der Waals surface area contributed by atoms with Gasteiger partial charge in [0, 0.05) is 24.5 Å². The Kier molecular flexibility index (Phi) is 11.6. The molecule has 0 fully saturated rings. The topological polar surface area (TPSA) is 170 Å². The number of rotatable bonds is 7. The molecule has 6 aromatic rings. The van der Waals surface area contributed by atoms with Crippen LogP contribution >= 0.6 is 0 Å². The number of carbonyl (C=O) groups excluding carboxylic acids is 1. The lowest BCUT2D eigenvalue weighted by Gasteiger charge is -2.05. The van der Waals surface area contributed by atoms with Crippen LogP contribution in [-0.4, -0.2) is 37.3 Å². The lowest BCUT2D eigenvalue weighted by molar-refractivity contribution is 0.0685. The fourth-order valence-corrected chi connectivity index (χ4v) is 4.03. The van der Waals surface area contributed by atoms with E-state index in [4.69, 9.17) is 15.4 Å². The van der Waals surface area contributed by atoms with E-state index in [1.54, 1.807) is 56.6 Å². The maximum absolute atomic E-state index is 13.2. The van der Waals surface area contributed by atoms with Crippen molar-refractivity contribution >= 4 is 23.5 Å². The van der Waals surface area contributed by atoms with Gasteiger partial charge in [-0.15, -0.1) is 0 Å². The number of amides is 1. The van der Waals surface area contributed by atoms with Crippen molar-refractivity contribution in [1.29, 1.82) is 0 Å². The number of hydrogen-bond acceptors (Lipinski definition) is 9. The molecule has 4 N–H and O–H groups in total. The van der Waals surface area contributed by atoms with E-state index >= 15 is 0 Å². The lowest BCUT2D eigenvalue weighted by Crippen LogP contribution is -2.13. The molecule has 0 aliphatic heterocycles. The van der Waals surface area contributed by atoms with E-state index in [9.17, 15) is 18.4 Å². The van der Waals surface area contributed by atoms with Crippen LogP contribution in [0.2, 0.25) is 0 Å². The summed E-state index contributed by atoms with van der Waals surface area (Å²) in [7, 11) is 0. The van der Waals surface area contributed by atoms with Gasteiger partial charge in [0.1, 0.15) is 34.8 Å². The third-order valence-electron chi connectivity index (χ3n) is 6.22. The number of carbonyl (C=O) groups is 2. The van der Waals surface area contributed by atoms with Crippen LogP contribution in [0.3, 0.4) is 0 Å². The summed E-state index contributed by atoms with van der Waals surface area (Å²) in [4.78, 5) is 30.2. The number of halogens is 2. The normalized spacial score (nSPS) is 10.2. The minimum Gasteiger partial charge on any atom is -0.476 e. The fourth-order valence-electron chi connectivity index (χ4n) is 4.03. The summed E-state index contributed by atoms with van der Waals surface area (Å²) in [5.74, 6) is 0.0646. The largest absolute Gasteiger partial charge is 0.476 e. The first-order valence-corrected chi connectivity index (χ1v) is 14.1. The summed E-state index contributed by atoms with van der Waals surface area (Å²) >= 11 is 0. The highest BCUT2D eigenvalue weighted by molar-refractivity contribution is 6.02. The van der Waals surface area contributed by atoms with Crippen LogP contribution in [-0.2, 0) is 12.8 Å². The molecule has 1 amide bonds. The van der Waals surface area contributed by atoms with Crippen LogP contribution in [0, 0.1) is 25.5 Å². The number of nitrogens with zero attached hydrogens (tertiary/aromatic N) is 4. The molecular formula is C34H30F2N6O5. The molecule has 4 heterocycles. The van der Waals surface area contributed by atoms with E-state index < -0.39 is 5.97 Å². The number of aryl methyl sites for hydroxylation is 2. The number of hydrogen-bond donors (Lipinski definition) is 3. The molecule has 4 aromatic heterocycles. The molecule has 240 valence electrons. The Morgan fingerprint density at radius 1 is 0.723 bits per heavy atom. The van der Waals surface area contributed by atoms with Crippen molar-refractivity contribution in [1.82, 2.24) is 20.3 Å². The zero-order valence-corrected chi connectivity index (χ0v) is 25.4. The van der Waals surface area contributed by atoms with Crippen LogP contribution in [0.1, 0.15) is 54.8 Å². The quantitative estimate of drug-likeness (QED) is 0.177. The zero-order chi connectivity index (χ0) is 33.8. The van der Waals surface area contributed by atoms with Crippen molar-refractivity contribution in [2.45, 2.75) is 26.7 Å². The van der Waals surface area contributed by atoms with E-state index in [0.29, 0.717) is 36.0 Å². The second-order valence-electron chi connectivity index (χ2n) is 10.2. The van der Waals surface area contributed by atoms with E-state index in [1.807, 2.05) is 24.3 Å². The fraction of sp³-hybridized carbons (Fsp3) is 0.118. The molecule has 0 saturated heterocycles. The number of nitrogen functional groups attached to an aromatic ring is 1. The first-order valence-electron chi connectivity index (χ1n) is 14.1. The van der Waals surface area contributed by atoms with Crippen LogP contribution in [0.25, 0.3) is 0 Å². The van der Waals surface area contributed by atoms with Crippen molar-refractivity contribution in [3.8, 4) is 0 Å². The summed E-state index contributed by atoms with van der Waals surface area (Å²) in [6, 6.07) is 23.1. The van der Waals surface area contributed by atoms with Gasteiger partial charge in [0.05, 0.1) is 0 Å². The van der Waals surface area contributed by atoms with Gasteiger partial charge in [0.15, 0.2) is 11.4 Å². The first kappa shape index (κ1) is 33.6. The minimum atomic E-state index is -1.06. The summed E-state index contributed by atoms with van der Waals surface area (Å²) < 4.78 is 35.4. The van der Waals surface area contributed by atoms with Gasteiger partial charge in [0.25, 0.3) is 5.91 Å². The van der Waals surface area contributed by atoms with Gasteiger partial charge in [-0.25, -0.2) is 23.5 Å². The van der Waals surface area contributed by atoms with Crippen LogP contribution in [0.5, 0.6) is 0 Å². The van der Waals surface area contributed by atoms with Crippen LogP contribution in [0.4, 0.5) is 20.4 Å². The highest BCUT2D eigenvalue weighted by Crippen LogP contribution is 2.14. The summed E-state index contributed by atoms with van der Waals surface area (Å²) in [6.45, 7) is 3.35. The zero-order valence-electron chi connectivity index (χ0n) is 25.4. The second kappa shape index (κ2) is 16.2. The van der Waals surface area contributed by atoms with E-state index in [-0.39, 0.29) is 28.9 Å². The number of aromatic carboxylic acids is 1. The lowest BCUT2D eigenvalue weighted by atomic mass is 10.1. The Morgan fingerprint density at radius 2 is 1.26 bits per heavy atom. The molecule has 0 unspecified atom stereocenters. The molecular weight excluding hydrogens is 610 g/mol. The van der Waals surface area contributed by atoms with Gasteiger partial charge < -0.3 is 25.2 Å². The Morgan fingerprint density at radius 3 is 1.66 bits per heavy atom. The molecule has 6 rings (SSSR count). The Bertz CT molecular complexity index is 1920. The standard InChI is InChI=1S/C17H14FN3O2.C12H11FN2.C5H5NO3/c1-11-7-15(21-23-11)17(22)20-16-6-5-13(10-19-16)8-12-3-2-4-14(18)9-12;13-11-3-1-2-9(7-11)6-10-4-5-12(14)15-8-10;1-3-2-4(5(7)8)6-9-3/h2-7,9-10H,8H2,1H3,(H,19,20,22);1-5,7-8H,6H2,(H2,14,15);2H,1H3,(H,7,8). The molecule has 0 spiro atoms. The highest BCUT2D eigenvalue weighted by Gasteiger charge is 2.12. The van der Waals surface area contributed by atoms with Gasteiger partial charge in [-0.2, -0.15) is 0 Å². The maximum atomic E-state index is 13.2. The molecule has 0 atom stereocenters. The minimum absolute atomic E-state index is 0.0486. The average Bonchev–Trinajstić information content (AvgIpc) is 3.68. The molecule has 2 aromatic carbocycles. The van der Waals surface area contributed by atoms with Crippen molar-refractivity contribution in [3.05, 3.63) is 154 Å². The van der Waals surface area contributed by atoms with E-state index in [0.717, 1.165) is 22.3 Å². The molecule has 0 radical (unpaired) electrons. The van der Waals surface area contributed by atoms with Crippen molar-refractivity contribution in [3.63, 3.8) is 0 Å². The van der Waals surface area contributed by atoms with Gasteiger partial charge in [0.2, 0.25) is 0 Å². The van der Waals surface area contributed by atoms with Gasteiger partial charge in [-0.1, -0.05) is 46.7 Å². The SMILES string of the molecule is Cc1cc(C(=O)Nc2ccc(Cc3cccc(F)c3)cn2)no1.Cc1cc(C(=O)O)no1.Nc1ccc(Cc2cccc(F)c2)cn1. The third kappa shape index (κ3) is 11.0. The third-order valence-corrected chi connectivity index (χ3v) is 6.22. The van der Waals surface area contributed by atoms with Gasteiger partial charge >= 0.3 is 5.97 Å². The number of nitrogens with two attached hydrogens (primary N) is 1. The average molecular weight is 641 g/mol. The molecule has 13 heteroatoms. The second-order valence-corrected chi connectivity index (χ2v) is 10.2. The molecule has 11 nitrogen and oxygen atoms in total. The highest BCUT2D eigenvalue weighted by atomic mass is 19.1. The smallest absolute Gasteiger partial charge is 0.358 e. The predicted octanol–water partition coefficient (Wildman–Crippen LogP) is 6.44. The molecule has 0 aliphatic carbocycles. The first-order chi connectivity index (χ1) is 22.5. The van der Waals surface area contributed by atoms with Gasteiger partial charge in [-0.3, -0.25) is 4.79 Å². The molecule has 0 bridgehead atoms. The number of carboxylic acid groups (broad SMARTS) is 1. The summed E-state index contributed by atoms with van der Waals surface area (Å²) in [5, 5.41) is 17.8. The number of carboxylic acids is 1. The molecule has 0 saturated carbocycles. The summed E-state index contributed by atoms with van der Waals surface area (Å²) in [5.41, 5.74) is 9.37. The number of pyridine rings is 2. The van der Waals surface area contributed by atoms with Crippen molar-refractivity contribution in [2.75, 3.05) is 11.1 Å². The monoisotopic (exact) mass is 640 g/mol. The van der Waals surface area contributed by atoms with Crippen molar-refractivity contribution in [2.24, 2.45) is 0 Å². The van der Waals surface area contributed by atoms with E-state index in [1.165, 1.54) is 30.3 Å². The molecule has 0 aliphatic rings. The summed E-state index contributed by atoms with van der Waals surface area (Å²) in [6.07, 6.45) is 4.60. The van der Waals surface area contributed by atoms with Crippen LogP contribution in [0.15, 0.2) is 106 Å². The predicted molar refractivity (Wildman–Crippen MR) is 169 cm³/mol. The number of aromatic nitrogens is 4. The maximum Gasteiger partial charge on any atom is 0.358 e. The Labute approximate surface area is 268 Å².